The van der Waals surface area contributed by atoms with Gasteiger partial charge < -0.3 is 14.4 Å². The number of sulfonamides is 1. The highest BCUT2D eigenvalue weighted by Gasteiger charge is 2.28. The number of carbonyl (C=O) groups is 1. The lowest BCUT2D eigenvalue weighted by atomic mass is 10.1. The Balaban J connectivity index is 1.35. The van der Waals surface area contributed by atoms with E-state index in [0.29, 0.717) is 63.7 Å². The van der Waals surface area contributed by atoms with Gasteiger partial charge in [0.2, 0.25) is 15.9 Å². The van der Waals surface area contributed by atoms with E-state index in [1.165, 1.54) is 22.8 Å². The molecule has 0 atom stereocenters. The quantitative estimate of drug-likeness (QED) is 0.699. The second-order valence-electron chi connectivity index (χ2n) is 7.20. The van der Waals surface area contributed by atoms with Gasteiger partial charge in [0.25, 0.3) is 5.91 Å². The van der Waals surface area contributed by atoms with Crippen molar-refractivity contribution in [2.24, 2.45) is 0 Å². The molecule has 0 bridgehead atoms. The molecule has 2 aliphatic heterocycles. The van der Waals surface area contributed by atoms with Gasteiger partial charge in [-0.3, -0.25) is 4.79 Å². The van der Waals surface area contributed by atoms with Crippen LogP contribution in [-0.4, -0.2) is 79.0 Å². The molecular formula is C20H24N4O5S. The van der Waals surface area contributed by atoms with Crippen LogP contribution in [-0.2, 0) is 14.8 Å². The Bertz CT molecular complexity index is 954. The predicted molar refractivity (Wildman–Crippen MR) is 108 cm³/mol. The third-order valence-corrected chi connectivity index (χ3v) is 7.19. The molecule has 2 aromatic rings. The number of amides is 1. The number of morpholine rings is 1. The van der Waals surface area contributed by atoms with Crippen molar-refractivity contribution in [3.8, 4) is 5.88 Å². The van der Waals surface area contributed by atoms with Gasteiger partial charge >= 0.3 is 0 Å². The lowest BCUT2D eigenvalue weighted by Crippen LogP contribution is -2.42. The van der Waals surface area contributed by atoms with E-state index in [4.69, 9.17) is 9.47 Å². The van der Waals surface area contributed by atoms with Crippen LogP contribution < -0.4 is 4.74 Å². The fourth-order valence-electron chi connectivity index (χ4n) is 3.58. The molecule has 160 valence electrons. The predicted octanol–water partition coefficient (Wildman–Crippen LogP) is 1.18. The number of nitrogens with zero attached hydrogens (tertiary/aromatic N) is 4. The van der Waals surface area contributed by atoms with Gasteiger partial charge in [-0.15, -0.1) is 0 Å². The van der Waals surface area contributed by atoms with Gasteiger partial charge in [-0.05, 0) is 24.3 Å². The Morgan fingerprint density at radius 1 is 1.03 bits per heavy atom. The maximum Gasteiger partial charge on any atom is 0.253 e. The fraction of sp³-hybridized carbons (Fsp3) is 0.450. The van der Waals surface area contributed by atoms with Gasteiger partial charge in [0.1, 0.15) is 12.4 Å². The van der Waals surface area contributed by atoms with Gasteiger partial charge in [0.05, 0.1) is 18.1 Å². The molecule has 2 saturated heterocycles. The molecule has 0 spiro atoms. The zero-order chi connectivity index (χ0) is 21.0. The van der Waals surface area contributed by atoms with Gasteiger partial charge in [0.15, 0.2) is 0 Å². The maximum atomic E-state index is 12.8. The minimum atomic E-state index is -3.56. The summed E-state index contributed by atoms with van der Waals surface area (Å²) in [4.78, 5) is 22.7. The number of carbonyl (C=O) groups excluding carboxylic acids is 1. The Kier molecular flexibility index (Phi) is 6.26. The SMILES string of the molecule is O=C(c1ccc(S(=O)(=O)N2CCOCC2)cc1)N1CCC(Oc2ccncn2)CC1. The summed E-state index contributed by atoms with van der Waals surface area (Å²) < 4.78 is 37.9. The summed E-state index contributed by atoms with van der Waals surface area (Å²) in [6.45, 7) is 2.62. The number of ether oxygens (including phenoxy) is 2. The first-order valence-electron chi connectivity index (χ1n) is 9.94. The average molecular weight is 433 g/mol. The number of rotatable bonds is 5. The number of benzene rings is 1. The van der Waals surface area contributed by atoms with Crippen LogP contribution in [0.15, 0.2) is 47.8 Å². The van der Waals surface area contributed by atoms with E-state index < -0.39 is 10.0 Å². The minimum absolute atomic E-state index is 0.00462. The Hall–Kier alpha value is -2.56. The molecule has 9 nitrogen and oxygen atoms in total. The molecule has 10 heteroatoms. The van der Waals surface area contributed by atoms with Crippen molar-refractivity contribution < 1.29 is 22.7 Å². The molecule has 4 rings (SSSR count). The highest BCUT2D eigenvalue weighted by molar-refractivity contribution is 7.89. The molecule has 0 radical (unpaired) electrons. The van der Waals surface area contributed by atoms with Crippen LogP contribution in [0.3, 0.4) is 0 Å². The largest absolute Gasteiger partial charge is 0.474 e. The number of likely N-dealkylation sites (tertiary alicyclic amines) is 1. The van der Waals surface area contributed by atoms with Crippen molar-refractivity contribution >= 4 is 15.9 Å². The van der Waals surface area contributed by atoms with E-state index in [2.05, 4.69) is 9.97 Å². The third kappa shape index (κ3) is 4.61. The topological polar surface area (TPSA) is 102 Å². The normalized spacial score (nSPS) is 18.9. The van der Waals surface area contributed by atoms with E-state index >= 15 is 0 Å². The molecule has 0 saturated carbocycles. The number of piperidine rings is 1. The Morgan fingerprint density at radius 3 is 2.37 bits per heavy atom. The summed E-state index contributed by atoms with van der Waals surface area (Å²) in [6.07, 6.45) is 4.49. The molecule has 0 N–H and O–H groups in total. The van der Waals surface area contributed by atoms with Gasteiger partial charge in [-0.2, -0.15) is 4.31 Å². The van der Waals surface area contributed by atoms with Crippen molar-refractivity contribution in [3.05, 3.63) is 48.4 Å². The lowest BCUT2D eigenvalue weighted by molar-refractivity contribution is 0.0587. The first-order chi connectivity index (χ1) is 14.5. The van der Waals surface area contributed by atoms with Crippen LogP contribution in [0.5, 0.6) is 5.88 Å². The van der Waals surface area contributed by atoms with Crippen LogP contribution in [0, 0.1) is 0 Å². The van der Waals surface area contributed by atoms with Crippen molar-refractivity contribution in [1.82, 2.24) is 19.2 Å². The van der Waals surface area contributed by atoms with Crippen LogP contribution in [0.4, 0.5) is 0 Å². The van der Waals surface area contributed by atoms with E-state index in [9.17, 15) is 13.2 Å². The van der Waals surface area contributed by atoms with Crippen molar-refractivity contribution in [2.45, 2.75) is 23.8 Å². The monoisotopic (exact) mass is 432 g/mol. The molecule has 30 heavy (non-hydrogen) atoms. The molecule has 1 aromatic carbocycles. The van der Waals surface area contributed by atoms with E-state index in [1.54, 1.807) is 29.3 Å². The van der Waals surface area contributed by atoms with E-state index in [1.807, 2.05) is 0 Å². The van der Waals surface area contributed by atoms with Crippen molar-refractivity contribution in [3.63, 3.8) is 0 Å². The fourth-order valence-corrected chi connectivity index (χ4v) is 4.99. The molecule has 1 amide bonds. The minimum Gasteiger partial charge on any atom is -0.474 e. The Morgan fingerprint density at radius 2 is 1.73 bits per heavy atom. The van der Waals surface area contributed by atoms with Crippen LogP contribution in [0.2, 0.25) is 0 Å². The highest BCUT2D eigenvalue weighted by Crippen LogP contribution is 2.21. The maximum absolute atomic E-state index is 12.8. The second-order valence-corrected chi connectivity index (χ2v) is 9.14. The zero-order valence-electron chi connectivity index (χ0n) is 16.5. The molecule has 2 fully saturated rings. The first kappa shape index (κ1) is 20.7. The molecule has 2 aliphatic rings. The zero-order valence-corrected chi connectivity index (χ0v) is 17.3. The molecular weight excluding hydrogens is 408 g/mol. The third-order valence-electron chi connectivity index (χ3n) is 5.28. The van der Waals surface area contributed by atoms with E-state index in [0.717, 1.165) is 0 Å². The average Bonchev–Trinajstić information content (AvgIpc) is 2.80. The summed E-state index contributed by atoms with van der Waals surface area (Å²) in [5.41, 5.74) is 0.478. The standard InChI is InChI=1S/C20H24N4O5S/c25-20(23-9-6-17(7-10-23)29-19-5-8-21-15-22-19)16-1-3-18(4-2-16)30(26,27)24-11-13-28-14-12-24/h1-5,8,15,17H,6-7,9-14H2. The number of hydrogen-bond donors (Lipinski definition) is 0. The van der Waals surface area contributed by atoms with Gasteiger partial charge in [-0.1, -0.05) is 0 Å². The molecule has 0 aliphatic carbocycles. The van der Waals surface area contributed by atoms with Crippen LogP contribution in [0.1, 0.15) is 23.2 Å². The van der Waals surface area contributed by atoms with Crippen molar-refractivity contribution in [2.75, 3.05) is 39.4 Å². The summed E-state index contributed by atoms with van der Waals surface area (Å²) >= 11 is 0. The number of hydrogen-bond acceptors (Lipinski definition) is 7. The number of aromatic nitrogens is 2. The van der Waals surface area contributed by atoms with E-state index in [-0.39, 0.29) is 16.9 Å². The first-order valence-corrected chi connectivity index (χ1v) is 11.4. The highest BCUT2D eigenvalue weighted by atomic mass is 32.2. The van der Waals surface area contributed by atoms with Gasteiger partial charge in [0, 0.05) is 56.8 Å². The summed E-state index contributed by atoms with van der Waals surface area (Å²) in [7, 11) is -3.56. The Labute approximate surface area is 175 Å². The summed E-state index contributed by atoms with van der Waals surface area (Å²) in [6, 6.07) is 7.88. The summed E-state index contributed by atoms with van der Waals surface area (Å²) in [5, 5.41) is 0. The van der Waals surface area contributed by atoms with Gasteiger partial charge in [-0.25, -0.2) is 18.4 Å². The van der Waals surface area contributed by atoms with Crippen molar-refractivity contribution in [1.29, 1.82) is 0 Å². The molecule has 1 aromatic heterocycles. The smallest absolute Gasteiger partial charge is 0.253 e. The molecule has 3 heterocycles. The lowest BCUT2D eigenvalue weighted by Gasteiger charge is -2.32. The van der Waals surface area contributed by atoms with Crippen LogP contribution in [0.25, 0.3) is 0 Å². The molecule has 0 unspecified atom stereocenters. The second kappa shape index (κ2) is 9.07. The summed E-state index contributed by atoms with van der Waals surface area (Å²) in [5.74, 6) is 0.428. The van der Waals surface area contributed by atoms with Crippen LogP contribution >= 0.6 is 0 Å².